The van der Waals surface area contributed by atoms with Crippen LogP contribution in [0.5, 0.6) is 0 Å². The van der Waals surface area contributed by atoms with Crippen molar-refractivity contribution in [3.05, 3.63) is 21.9 Å². The molecule has 0 saturated heterocycles. The monoisotopic (exact) mass is 212 g/mol. The Labute approximate surface area is 88.3 Å². The topological polar surface area (TPSA) is 55.1 Å². The van der Waals surface area contributed by atoms with Crippen molar-refractivity contribution in [3.8, 4) is 0 Å². The average Bonchev–Trinajstić information content (AvgIpc) is 2.47. The molecule has 0 radical (unpaired) electrons. The molecule has 1 atom stereocenters. The summed E-state index contributed by atoms with van der Waals surface area (Å²) in [5.41, 5.74) is 5.51. The fourth-order valence-electron chi connectivity index (χ4n) is 1.13. The number of nitrogens with one attached hydrogen (secondary N) is 1. The maximum atomic E-state index is 11.2. The van der Waals surface area contributed by atoms with Gasteiger partial charge in [-0.3, -0.25) is 4.79 Å². The number of aryl methyl sites for hydroxylation is 1. The third-order valence-corrected chi connectivity index (χ3v) is 2.76. The van der Waals surface area contributed by atoms with Crippen LogP contribution in [0, 0.1) is 6.92 Å². The van der Waals surface area contributed by atoms with E-state index < -0.39 is 0 Å². The second-order valence-electron chi connectivity index (χ2n) is 3.47. The fraction of sp³-hybridized carbons (Fsp3) is 0.500. The van der Waals surface area contributed by atoms with Crippen LogP contribution in [0.3, 0.4) is 0 Å². The maximum Gasteiger partial charge on any atom is 0.221 e. The van der Waals surface area contributed by atoms with Crippen molar-refractivity contribution in [1.82, 2.24) is 5.32 Å². The molecule has 4 heteroatoms. The van der Waals surface area contributed by atoms with Gasteiger partial charge in [-0.05, 0) is 26.0 Å². The third-order valence-electron chi connectivity index (χ3n) is 1.76. The van der Waals surface area contributed by atoms with Gasteiger partial charge in [-0.15, -0.1) is 11.3 Å². The molecule has 0 bridgehead atoms. The van der Waals surface area contributed by atoms with Gasteiger partial charge in [0.05, 0.1) is 6.54 Å². The van der Waals surface area contributed by atoms with Crippen LogP contribution in [0.1, 0.15) is 23.1 Å². The van der Waals surface area contributed by atoms with Crippen LogP contribution in [0.15, 0.2) is 12.1 Å². The van der Waals surface area contributed by atoms with Crippen LogP contribution in [-0.4, -0.2) is 11.9 Å². The quantitative estimate of drug-likeness (QED) is 0.793. The van der Waals surface area contributed by atoms with E-state index >= 15 is 0 Å². The molecular formula is C10H16N2OS. The summed E-state index contributed by atoms with van der Waals surface area (Å²) in [6, 6.07) is 4.02. The molecule has 0 saturated carbocycles. The van der Waals surface area contributed by atoms with Crippen LogP contribution in [-0.2, 0) is 11.3 Å². The standard InChI is InChI=1S/C10H16N2OS/c1-7(11)5-10(13)12-6-9-4-3-8(2)14-9/h3-4,7H,5-6,11H2,1-2H3,(H,12,13). The van der Waals surface area contributed by atoms with Crippen LogP contribution in [0.2, 0.25) is 0 Å². The molecule has 0 aliphatic rings. The zero-order chi connectivity index (χ0) is 10.6. The van der Waals surface area contributed by atoms with E-state index in [0.717, 1.165) is 0 Å². The number of hydrogen-bond donors (Lipinski definition) is 2. The Morgan fingerprint density at radius 1 is 1.64 bits per heavy atom. The first-order valence-corrected chi connectivity index (χ1v) is 5.47. The van der Waals surface area contributed by atoms with Gasteiger partial charge in [0, 0.05) is 22.2 Å². The molecule has 0 aromatic carbocycles. The van der Waals surface area contributed by atoms with Gasteiger partial charge in [0.2, 0.25) is 5.91 Å². The van der Waals surface area contributed by atoms with E-state index in [1.54, 1.807) is 11.3 Å². The largest absolute Gasteiger partial charge is 0.351 e. The van der Waals surface area contributed by atoms with Crippen molar-refractivity contribution in [2.45, 2.75) is 32.9 Å². The molecule has 3 N–H and O–H groups in total. The summed E-state index contributed by atoms with van der Waals surface area (Å²) in [5.74, 6) is 0.0195. The third kappa shape index (κ3) is 3.89. The van der Waals surface area contributed by atoms with Gasteiger partial charge >= 0.3 is 0 Å². The molecule has 14 heavy (non-hydrogen) atoms. The number of amides is 1. The summed E-state index contributed by atoms with van der Waals surface area (Å²) in [7, 11) is 0. The first-order chi connectivity index (χ1) is 6.58. The Bertz CT molecular complexity index is 307. The Kier molecular flexibility index (Phi) is 4.10. The minimum Gasteiger partial charge on any atom is -0.351 e. The van der Waals surface area contributed by atoms with Gasteiger partial charge in [-0.25, -0.2) is 0 Å². The summed E-state index contributed by atoms with van der Waals surface area (Å²) >= 11 is 1.70. The second kappa shape index (κ2) is 5.12. The van der Waals surface area contributed by atoms with Gasteiger partial charge < -0.3 is 11.1 Å². The van der Waals surface area contributed by atoms with E-state index in [1.807, 2.05) is 13.0 Å². The normalized spacial score (nSPS) is 12.5. The highest BCUT2D eigenvalue weighted by Gasteiger charge is 2.04. The van der Waals surface area contributed by atoms with E-state index in [2.05, 4.69) is 18.3 Å². The zero-order valence-electron chi connectivity index (χ0n) is 8.54. The van der Waals surface area contributed by atoms with Gasteiger partial charge in [-0.2, -0.15) is 0 Å². The van der Waals surface area contributed by atoms with Crippen molar-refractivity contribution in [1.29, 1.82) is 0 Å². The molecule has 1 amide bonds. The number of hydrogen-bond acceptors (Lipinski definition) is 3. The minimum atomic E-state index is -0.0694. The van der Waals surface area contributed by atoms with Gasteiger partial charge in [0.15, 0.2) is 0 Å². The molecule has 78 valence electrons. The molecule has 1 heterocycles. The van der Waals surface area contributed by atoms with Gasteiger partial charge in [0.25, 0.3) is 0 Å². The average molecular weight is 212 g/mol. The Balaban J connectivity index is 2.30. The van der Waals surface area contributed by atoms with Crippen molar-refractivity contribution >= 4 is 17.2 Å². The van der Waals surface area contributed by atoms with Crippen molar-refractivity contribution in [3.63, 3.8) is 0 Å². The lowest BCUT2D eigenvalue weighted by atomic mass is 10.2. The molecule has 3 nitrogen and oxygen atoms in total. The predicted octanol–water partition coefficient (Wildman–Crippen LogP) is 1.41. The van der Waals surface area contributed by atoms with E-state index in [9.17, 15) is 4.79 Å². The minimum absolute atomic E-state index is 0.0195. The molecule has 1 aromatic heterocycles. The van der Waals surface area contributed by atoms with E-state index in [1.165, 1.54) is 9.75 Å². The molecule has 0 aliphatic heterocycles. The molecule has 1 aromatic rings. The van der Waals surface area contributed by atoms with Crippen LogP contribution < -0.4 is 11.1 Å². The summed E-state index contributed by atoms with van der Waals surface area (Å²) in [4.78, 5) is 13.7. The SMILES string of the molecule is Cc1ccc(CNC(=O)CC(C)N)s1. The first-order valence-electron chi connectivity index (χ1n) is 4.65. The molecule has 0 fully saturated rings. The van der Waals surface area contributed by atoms with Gasteiger partial charge in [0.1, 0.15) is 0 Å². The highest BCUT2D eigenvalue weighted by atomic mass is 32.1. The van der Waals surface area contributed by atoms with Crippen LogP contribution in [0.4, 0.5) is 0 Å². The number of carbonyl (C=O) groups excluding carboxylic acids is 1. The number of carbonyl (C=O) groups is 1. The lowest BCUT2D eigenvalue weighted by Gasteiger charge is -2.05. The van der Waals surface area contributed by atoms with Crippen molar-refractivity contribution in [2.24, 2.45) is 5.73 Å². The number of rotatable bonds is 4. The molecule has 1 unspecified atom stereocenters. The smallest absolute Gasteiger partial charge is 0.221 e. The summed E-state index contributed by atoms with van der Waals surface area (Å²) in [5, 5.41) is 2.84. The first kappa shape index (κ1) is 11.2. The zero-order valence-corrected chi connectivity index (χ0v) is 9.36. The highest BCUT2D eigenvalue weighted by molar-refractivity contribution is 7.11. The lowest BCUT2D eigenvalue weighted by Crippen LogP contribution is -2.29. The molecule has 0 spiro atoms. The second-order valence-corrected chi connectivity index (χ2v) is 4.84. The van der Waals surface area contributed by atoms with Gasteiger partial charge in [-0.1, -0.05) is 0 Å². The Morgan fingerprint density at radius 3 is 2.86 bits per heavy atom. The predicted molar refractivity (Wildman–Crippen MR) is 59.2 cm³/mol. The summed E-state index contributed by atoms with van der Waals surface area (Å²) in [6.45, 7) is 4.50. The summed E-state index contributed by atoms with van der Waals surface area (Å²) in [6.07, 6.45) is 0.393. The highest BCUT2D eigenvalue weighted by Crippen LogP contribution is 2.14. The fourth-order valence-corrected chi connectivity index (χ4v) is 1.96. The summed E-state index contributed by atoms with van der Waals surface area (Å²) < 4.78 is 0. The van der Waals surface area contributed by atoms with E-state index in [0.29, 0.717) is 13.0 Å². The van der Waals surface area contributed by atoms with Crippen molar-refractivity contribution < 1.29 is 4.79 Å². The molecular weight excluding hydrogens is 196 g/mol. The van der Waals surface area contributed by atoms with Crippen LogP contribution in [0.25, 0.3) is 0 Å². The Hall–Kier alpha value is -0.870. The number of nitrogens with two attached hydrogens (primary N) is 1. The lowest BCUT2D eigenvalue weighted by molar-refractivity contribution is -0.121. The molecule has 0 aliphatic carbocycles. The van der Waals surface area contributed by atoms with E-state index in [4.69, 9.17) is 5.73 Å². The van der Waals surface area contributed by atoms with E-state index in [-0.39, 0.29) is 11.9 Å². The van der Waals surface area contributed by atoms with Crippen LogP contribution >= 0.6 is 11.3 Å². The van der Waals surface area contributed by atoms with Crippen molar-refractivity contribution in [2.75, 3.05) is 0 Å². The molecule has 1 rings (SSSR count). The number of thiophene rings is 1. The maximum absolute atomic E-state index is 11.2. The Morgan fingerprint density at radius 2 is 2.36 bits per heavy atom.